The van der Waals surface area contributed by atoms with Gasteiger partial charge in [-0.15, -0.1) is 4.72 Å². The van der Waals surface area contributed by atoms with Gasteiger partial charge in [-0.3, -0.25) is 4.79 Å². The summed E-state index contributed by atoms with van der Waals surface area (Å²) in [5.41, 5.74) is 1.16. The third kappa shape index (κ3) is 6.29. The molecule has 3 rings (SSSR count). The van der Waals surface area contributed by atoms with E-state index < -0.39 is 40.7 Å². The first-order chi connectivity index (χ1) is 15.3. The molecule has 0 saturated heterocycles. The number of benzene rings is 2. The lowest BCUT2D eigenvalue weighted by Gasteiger charge is -2.27. The van der Waals surface area contributed by atoms with Gasteiger partial charge in [0.05, 0.1) is 12.6 Å². The summed E-state index contributed by atoms with van der Waals surface area (Å²) in [6.45, 7) is 0.278. The molecule has 2 aromatic rings. The molecule has 0 amide bonds. The van der Waals surface area contributed by atoms with E-state index in [0.29, 0.717) is 11.1 Å². The molecule has 1 N–H and O–H groups in total. The van der Waals surface area contributed by atoms with Crippen molar-refractivity contribution in [3.63, 3.8) is 0 Å². The molecule has 0 heterocycles. The van der Waals surface area contributed by atoms with Crippen LogP contribution in [0.4, 0.5) is 17.6 Å². The van der Waals surface area contributed by atoms with Crippen LogP contribution < -0.4 is 4.72 Å². The first kappa shape index (κ1) is 24.2. The molecule has 170 valence electrons. The van der Waals surface area contributed by atoms with Crippen molar-refractivity contribution in [1.29, 1.82) is 0 Å². The number of hydrogen-bond donors (Lipinski definition) is 1. The van der Waals surface area contributed by atoms with Gasteiger partial charge >= 0.3 is 0 Å². The van der Waals surface area contributed by atoms with Crippen molar-refractivity contribution < 1.29 is 31.6 Å². The fourth-order valence-corrected chi connectivity index (χ4v) is 4.31. The van der Waals surface area contributed by atoms with Gasteiger partial charge in [0.2, 0.25) is 0 Å². The number of nitrogens with one attached hydrogen (secondary N) is 1. The molecular formula is C23H21F4NO3S. The molecule has 0 bridgehead atoms. The molecule has 32 heavy (non-hydrogen) atoms. The third-order valence-electron chi connectivity index (χ3n) is 4.86. The Balaban J connectivity index is 1.93. The quantitative estimate of drug-likeness (QED) is 0.374. The Morgan fingerprint density at radius 2 is 1.47 bits per heavy atom. The molecular weight excluding hydrogens is 446 g/mol. The van der Waals surface area contributed by atoms with Crippen LogP contribution in [0.3, 0.4) is 0 Å². The molecule has 1 saturated carbocycles. The molecule has 0 aromatic heterocycles. The second-order valence-electron chi connectivity index (χ2n) is 7.28. The van der Waals surface area contributed by atoms with E-state index in [9.17, 15) is 26.9 Å². The van der Waals surface area contributed by atoms with E-state index in [4.69, 9.17) is 4.74 Å². The summed E-state index contributed by atoms with van der Waals surface area (Å²) < 4.78 is 73.8. The molecule has 0 spiro atoms. The number of halogens is 4. The highest BCUT2D eigenvalue weighted by atomic mass is 32.2. The third-order valence-corrected chi connectivity index (χ3v) is 5.99. The molecule has 1 aliphatic rings. The van der Waals surface area contributed by atoms with Gasteiger partial charge in [-0.1, -0.05) is 12.1 Å². The van der Waals surface area contributed by atoms with Gasteiger partial charge in [-0.05, 0) is 60.4 Å². The van der Waals surface area contributed by atoms with Crippen LogP contribution in [0.25, 0.3) is 12.2 Å². The van der Waals surface area contributed by atoms with Crippen molar-refractivity contribution in [2.75, 3.05) is 19.5 Å². The molecule has 1 aliphatic carbocycles. The minimum Gasteiger partial charge on any atom is -0.598 e. The maximum atomic E-state index is 13.6. The van der Waals surface area contributed by atoms with E-state index in [1.165, 1.54) is 31.4 Å². The topological polar surface area (TPSA) is 61.4 Å². The fourth-order valence-electron chi connectivity index (χ4n) is 3.34. The maximum Gasteiger partial charge on any atom is 0.185 e. The fraction of sp³-hybridized carbons (Fsp3) is 0.261. The summed E-state index contributed by atoms with van der Waals surface area (Å²) in [4.78, 5) is 13.0. The zero-order valence-electron chi connectivity index (χ0n) is 17.2. The number of rotatable bonds is 7. The van der Waals surface area contributed by atoms with Crippen LogP contribution in [-0.4, -0.2) is 35.8 Å². The van der Waals surface area contributed by atoms with Gasteiger partial charge in [0.1, 0.15) is 5.75 Å². The molecule has 1 unspecified atom stereocenters. The molecule has 9 heteroatoms. The summed E-state index contributed by atoms with van der Waals surface area (Å²) in [7, 11) is 1.49. The van der Waals surface area contributed by atoms with Gasteiger partial charge in [-0.2, -0.15) is 0 Å². The van der Waals surface area contributed by atoms with E-state index in [2.05, 4.69) is 4.72 Å². The number of ketones is 1. The van der Waals surface area contributed by atoms with Crippen LogP contribution in [0.5, 0.6) is 0 Å². The zero-order valence-corrected chi connectivity index (χ0v) is 18.0. The van der Waals surface area contributed by atoms with Gasteiger partial charge in [-0.25, -0.2) is 17.6 Å². The first-order valence-corrected chi connectivity index (χ1v) is 11.1. The predicted octanol–water partition coefficient (Wildman–Crippen LogP) is 4.34. The van der Waals surface area contributed by atoms with Crippen molar-refractivity contribution in [1.82, 2.24) is 4.72 Å². The Hall–Kier alpha value is -2.46. The molecule has 1 atom stereocenters. The standard InChI is InChI=1S/C23H21F4NO3S/c1-31-6-7-32(30)28-18-12-16(8-14-2-4-19(24)21(26)10-14)23(29)17(13-18)9-15-3-5-20(25)22(27)11-15/h2-5,8-11,18,28H,6-7,12-13H2,1H3/b16-8+,17-9+. The molecule has 4 nitrogen and oxygen atoms in total. The van der Waals surface area contributed by atoms with Gasteiger partial charge in [0, 0.05) is 29.6 Å². The van der Waals surface area contributed by atoms with Crippen LogP contribution in [0.15, 0.2) is 47.5 Å². The molecule has 0 radical (unpaired) electrons. The first-order valence-electron chi connectivity index (χ1n) is 9.76. The average molecular weight is 467 g/mol. The van der Waals surface area contributed by atoms with E-state index in [1.807, 2.05) is 0 Å². The highest BCUT2D eigenvalue weighted by Gasteiger charge is 2.30. The summed E-state index contributed by atoms with van der Waals surface area (Å²) in [5, 5.41) is 0. The van der Waals surface area contributed by atoms with Crippen LogP contribution >= 0.6 is 0 Å². The van der Waals surface area contributed by atoms with Gasteiger partial charge < -0.3 is 9.29 Å². The van der Waals surface area contributed by atoms with Crippen LogP contribution in [0.2, 0.25) is 0 Å². The minimum absolute atomic E-state index is 0.200. The number of carbonyl (C=O) groups excluding carboxylic acids is 1. The summed E-state index contributed by atoms with van der Waals surface area (Å²) in [6.07, 6.45) is 3.28. The van der Waals surface area contributed by atoms with Crippen molar-refractivity contribution in [3.8, 4) is 0 Å². The molecule has 1 fully saturated rings. The summed E-state index contributed by atoms with van der Waals surface area (Å²) in [6, 6.07) is 6.14. The molecule has 2 aromatic carbocycles. The number of ether oxygens (including phenoxy) is 1. The maximum absolute atomic E-state index is 13.6. The highest BCUT2D eigenvalue weighted by molar-refractivity contribution is 7.89. The number of hydrogen-bond acceptors (Lipinski definition) is 4. The Labute approximate surface area is 186 Å². The van der Waals surface area contributed by atoms with Crippen molar-refractivity contribution in [3.05, 3.63) is 81.9 Å². The Kier molecular flexibility index (Phi) is 8.25. The number of methoxy groups -OCH3 is 1. The smallest absolute Gasteiger partial charge is 0.185 e. The highest BCUT2D eigenvalue weighted by Crippen LogP contribution is 2.29. The SMILES string of the molecule is COCC[S+]([O-])NC1C/C(=C\c2ccc(F)c(F)c2)C(=O)/C(=C/c2ccc(F)c(F)c2)C1. The monoisotopic (exact) mass is 467 g/mol. The largest absolute Gasteiger partial charge is 0.598 e. The Morgan fingerprint density at radius 1 is 0.969 bits per heavy atom. The molecule has 0 aliphatic heterocycles. The second-order valence-corrected chi connectivity index (χ2v) is 8.62. The van der Waals surface area contributed by atoms with Crippen LogP contribution in [-0.2, 0) is 20.9 Å². The van der Waals surface area contributed by atoms with Crippen molar-refractivity contribution in [2.24, 2.45) is 0 Å². The van der Waals surface area contributed by atoms with E-state index >= 15 is 0 Å². The van der Waals surface area contributed by atoms with E-state index in [-0.39, 0.29) is 42.1 Å². The van der Waals surface area contributed by atoms with Gasteiger partial charge in [0.15, 0.2) is 29.1 Å². The minimum atomic E-state index is -1.42. The number of Topliss-reactive ketones (excluding diaryl/α,β-unsaturated/α-hetero) is 1. The lowest BCUT2D eigenvalue weighted by Crippen LogP contribution is -2.41. The average Bonchev–Trinajstić information content (AvgIpc) is 2.75. The predicted molar refractivity (Wildman–Crippen MR) is 115 cm³/mol. The lowest BCUT2D eigenvalue weighted by atomic mass is 9.84. The Morgan fingerprint density at radius 3 is 1.91 bits per heavy atom. The lowest BCUT2D eigenvalue weighted by molar-refractivity contribution is -0.113. The van der Waals surface area contributed by atoms with E-state index in [0.717, 1.165) is 24.3 Å². The Bertz CT molecular complexity index is 984. The van der Waals surface area contributed by atoms with Crippen LogP contribution in [0, 0.1) is 23.3 Å². The van der Waals surface area contributed by atoms with Crippen molar-refractivity contribution in [2.45, 2.75) is 18.9 Å². The second kappa shape index (κ2) is 10.9. The van der Waals surface area contributed by atoms with Crippen LogP contribution in [0.1, 0.15) is 24.0 Å². The summed E-state index contributed by atoms with van der Waals surface area (Å²) >= 11 is -1.42. The summed E-state index contributed by atoms with van der Waals surface area (Å²) in [5.74, 6) is -4.22. The normalized spacial score (nSPS) is 20.2. The van der Waals surface area contributed by atoms with Gasteiger partial charge in [0.25, 0.3) is 0 Å². The number of carbonyl (C=O) groups is 1. The zero-order chi connectivity index (χ0) is 23.3. The van der Waals surface area contributed by atoms with E-state index in [1.54, 1.807) is 0 Å². The van der Waals surface area contributed by atoms with Crippen molar-refractivity contribution >= 4 is 29.3 Å².